The van der Waals surface area contributed by atoms with Gasteiger partial charge in [0, 0.05) is 16.2 Å². The minimum atomic E-state index is -1.20. The molecule has 4 heteroatoms. The molecule has 0 aromatic heterocycles. The zero-order valence-electron chi connectivity index (χ0n) is 46.0. The molecule has 0 atom stereocenters. The first-order valence-corrected chi connectivity index (χ1v) is 28.5. The zero-order chi connectivity index (χ0) is 52.4. The lowest BCUT2D eigenvalue weighted by Gasteiger charge is -2.28. The summed E-state index contributed by atoms with van der Waals surface area (Å²) in [5.41, 5.74) is 11.8. The molecule has 0 saturated heterocycles. The van der Waals surface area contributed by atoms with E-state index in [1.807, 2.05) is 0 Å². The van der Waals surface area contributed by atoms with Crippen LogP contribution in [0.25, 0.3) is 97.0 Å². The summed E-state index contributed by atoms with van der Waals surface area (Å²) in [5, 5.41) is 21.4. The largest absolute Gasteiger partial charge is 0.864 e. The van der Waals surface area contributed by atoms with Crippen molar-refractivity contribution < 1.29 is 14.0 Å². The second-order valence-electron chi connectivity index (χ2n) is 20.8. The van der Waals surface area contributed by atoms with E-state index in [9.17, 15) is 0 Å². The average Bonchev–Trinajstić information content (AvgIpc) is 3.46. The van der Waals surface area contributed by atoms with Crippen LogP contribution in [-0.2, 0) is 57.8 Å². The Balaban J connectivity index is 1.22. The summed E-state index contributed by atoms with van der Waals surface area (Å²) in [6.45, 7) is 20.7. The minimum absolute atomic E-state index is 0.788. The number of fused-ring (bicyclic) bond motifs is 12. The van der Waals surface area contributed by atoms with Gasteiger partial charge in [-0.25, -0.2) is 0 Å². The first kappa shape index (κ1) is 49.3. The highest BCUT2D eigenvalue weighted by atomic mass is 16.7. The van der Waals surface area contributed by atoms with E-state index in [0.717, 1.165) is 91.2 Å². The van der Waals surface area contributed by atoms with E-state index >= 15 is 0 Å². The van der Waals surface area contributed by atoms with Gasteiger partial charge in [-0.2, -0.15) is 0 Å². The van der Waals surface area contributed by atoms with Gasteiger partial charge in [-0.15, -0.1) is 0 Å². The molecule has 378 valence electrons. The molecular formula is C72H69BO3. The van der Waals surface area contributed by atoms with Crippen LogP contribution >= 0.6 is 0 Å². The summed E-state index contributed by atoms with van der Waals surface area (Å²) >= 11 is 0. The van der Waals surface area contributed by atoms with Crippen LogP contribution in [0, 0.1) is 0 Å². The first-order chi connectivity index (χ1) is 37.3. The topological polar surface area (TPSA) is 27.7 Å². The van der Waals surface area contributed by atoms with Crippen molar-refractivity contribution in [1.82, 2.24) is 0 Å². The van der Waals surface area contributed by atoms with Crippen molar-refractivity contribution in [3.8, 4) is 17.2 Å². The van der Waals surface area contributed by atoms with E-state index in [4.69, 9.17) is 14.0 Å². The second kappa shape index (κ2) is 20.2. The maximum Gasteiger partial charge on any atom is 0.864 e. The van der Waals surface area contributed by atoms with Gasteiger partial charge in [0.25, 0.3) is 0 Å². The summed E-state index contributed by atoms with van der Waals surface area (Å²) < 4.78 is 24.0. The summed E-state index contributed by atoms with van der Waals surface area (Å²) in [4.78, 5) is 0. The van der Waals surface area contributed by atoms with Gasteiger partial charge < -0.3 is 14.0 Å². The van der Waals surface area contributed by atoms with E-state index in [-0.39, 0.29) is 0 Å². The van der Waals surface area contributed by atoms with Crippen molar-refractivity contribution in [2.75, 3.05) is 0 Å². The minimum Gasteiger partial charge on any atom is -0.489 e. The summed E-state index contributed by atoms with van der Waals surface area (Å²) in [6.07, 6.45) is 7.75. The highest BCUT2D eigenvalue weighted by molar-refractivity contribution is 6.41. The Bertz CT molecular complexity index is 3860. The van der Waals surface area contributed by atoms with Crippen molar-refractivity contribution >= 4 is 104 Å². The highest BCUT2D eigenvalue weighted by Gasteiger charge is 2.38. The smallest absolute Gasteiger partial charge is 0.489 e. The molecule has 0 N–H and O–H groups in total. The van der Waals surface area contributed by atoms with E-state index < -0.39 is 7.32 Å². The van der Waals surface area contributed by atoms with E-state index in [1.165, 1.54) is 131 Å². The van der Waals surface area contributed by atoms with Crippen LogP contribution in [0.4, 0.5) is 0 Å². The van der Waals surface area contributed by atoms with Crippen LogP contribution in [0.2, 0.25) is 0 Å². The van der Waals surface area contributed by atoms with E-state index in [0.29, 0.717) is 0 Å². The van der Waals surface area contributed by atoms with Gasteiger partial charge in [0.2, 0.25) is 0 Å². The molecule has 0 radical (unpaired) electrons. The Labute approximate surface area is 449 Å². The molecule has 12 aromatic rings. The average molecular weight is 993 g/mol. The Morgan fingerprint density at radius 3 is 0.711 bits per heavy atom. The molecule has 0 saturated carbocycles. The van der Waals surface area contributed by atoms with Crippen LogP contribution in [0.15, 0.2) is 146 Å². The third kappa shape index (κ3) is 7.85. The van der Waals surface area contributed by atoms with Crippen molar-refractivity contribution in [2.24, 2.45) is 0 Å². The number of rotatable bonds is 15. The lowest BCUT2D eigenvalue weighted by atomic mass is 9.85. The van der Waals surface area contributed by atoms with Crippen LogP contribution in [0.5, 0.6) is 17.2 Å². The maximum atomic E-state index is 8.00. The van der Waals surface area contributed by atoms with Crippen molar-refractivity contribution in [2.45, 2.75) is 120 Å². The van der Waals surface area contributed by atoms with Crippen LogP contribution in [0.1, 0.15) is 112 Å². The molecular weight excluding hydrogens is 924 g/mol. The molecule has 76 heavy (non-hydrogen) atoms. The number of benzene rings is 12. The maximum absolute atomic E-state index is 8.00. The third-order valence-corrected chi connectivity index (χ3v) is 17.1. The Morgan fingerprint density at radius 2 is 0.474 bits per heavy atom. The predicted octanol–water partition coefficient (Wildman–Crippen LogP) is 19.6. The number of aryl methyl sites for hydroxylation is 3. The van der Waals surface area contributed by atoms with Gasteiger partial charge in [-0.1, -0.05) is 172 Å². The standard InChI is InChI=1S/C72H69BO3/c1-10-52-55(13-4)61-34-31-49-37-43-25-19-22-28-46(43)40-64(49)67(61)70(58(52)16-7)74-73(75-71-59(17-8)53(11-2)56(14-5)62-35-32-50-38-44-26-20-23-29-47(44)41-65(50)68(62)71)76-72-60(18-9)54(12-3)57(15-6)63-36-33-51-39-45-27-21-24-30-48(45)42-66(51)69(63)72/h19-42H,10-18H2,1-9H3. The molecule has 12 rings (SSSR count). The van der Waals surface area contributed by atoms with E-state index in [1.54, 1.807) is 0 Å². The molecule has 0 amide bonds. The summed E-state index contributed by atoms with van der Waals surface area (Å²) in [6, 6.07) is 54.3. The monoisotopic (exact) mass is 993 g/mol. The van der Waals surface area contributed by atoms with E-state index in [2.05, 4.69) is 208 Å². The lowest BCUT2D eigenvalue weighted by molar-refractivity contribution is 0.308. The number of hydrogen-bond acceptors (Lipinski definition) is 3. The van der Waals surface area contributed by atoms with Crippen LogP contribution in [0.3, 0.4) is 0 Å². The zero-order valence-corrected chi connectivity index (χ0v) is 46.0. The fourth-order valence-corrected chi connectivity index (χ4v) is 13.8. The van der Waals surface area contributed by atoms with Crippen molar-refractivity contribution in [3.05, 3.63) is 196 Å². The molecule has 0 aliphatic heterocycles. The third-order valence-electron chi connectivity index (χ3n) is 17.1. The molecule has 0 unspecified atom stereocenters. The predicted molar refractivity (Wildman–Crippen MR) is 329 cm³/mol. The Kier molecular flexibility index (Phi) is 13.1. The molecule has 0 fully saturated rings. The lowest BCUT2D eigenvalue weighted by Crippen LogP contribution is -2.38. The highest BCUT2D eigenvalue weighted by Crippen LogP contribution is 2.48. The Morgan fingerprint density at radius 1 is 0.237 bits per heavy atom. The number of hydrogen-bond donors (Lipinski definition) is 0. The fraction of sp³-hybridized carbons (Fsp3) is 0.250. The summed E-state index contributed by atoms with van der Waals surface area (Å²) in [7, 11) is -1.20. The van der Waals surface area contributed by atoms with Gasteiger partial charge in [-0.3, -0.25) is 0 Å². The van der Waals surface area contributed by atoms with Crippen LogP contribution < -0.4 is 14.0 Å². The fourth-order valence-electron chi connectivity index (χ4n) is 13.8. The summed E-state index contributed by atoms with van der Waals surface area (Å²) in [5.74, 6) is 2.53. The van der Waals surface area contributed by atoms with Crippen LogP contribution in [-0.4, -0.2) is 7.32 Å². The van der Waals surface area contributed by atoms with Crippen molar-refractivity contribution in [1.29, 1.82) is 0 Å². The molecule has 0 heterocycles. The Hall–Kier alpha value is -7.56. The van der Waals surface area contributed by atoms with Crippen molar-refractivity contribution in [3.63, 3.8) is 0 Å². The molecule has 0 bridgehead atoms. The van der Waals surface area contributed by atoms with Gasteiger partial charge in [0.05, 0.1) is 0 Å². The molecule has 12 aromatic carbocycles. The first-order valence-electron chi connectivity index (χ1n) is 28.5. The molecule has 0 aliphatic rings. The quantitative estimate of drug-likeness (QED) is 0.0582. The van der Waals surface area contributed by atoms with Gasteiger partial charge in [0.1, 0.15) is 17.2 Å². The second-order valence-corrected chi connectivity index (χ2v) is 20.8. The molecule has 3 nitrogen and oxygen atoms in total. The van der Waals surface area contributed by atoms with Gasteiger partial charge in [-0.05, 0) is 225 Å². The van der Waals surface area contributed by atoms with Gasteiger partial charge in [0.15, 0.2) is 0 Å². The SMILES string of the molecule is CCc1c(CC)c(OB(Oc2c(CC)c(CC)c(CC)c3ccc4cc5ccccc5cc4c23)Oc2c(CC)c(CC)c(CC)c3ccc4cc5ccccc5cc4c23)c2c(ccc3cc4ccccc4cc32)c1CC. The van der Waals surface area contributed by atoms with Gasteiger partial charge >= 0.3 is 7.32 Å². The molecule has 0 spiro atoms. The molecule has 0 aliphatic carbocycles. The normalized spacial score (nSPS) is 12.0.